The predicted molar refractivity (Wildman–Crippen MR) is 82.4 cm³/mol. The molecule has 0 saturated carbocycles. The van der Waals surface area contributed by atoms with Crippen LogP contribution in [0, 0.1) is 18.6 Å². The minimum absolute atomic E-state index is 0.0853. The lowest BCUT2D eigenvalue weighted by atomic mass is 10.2. The molecule has 0 fully saturated rings. The molecule has 0 aromatic heterocycles. The molecule has 0 spiro atoms. The third-order valence-corrected chi connectivity index (χ3v) is 3.65. The van der Waals surface area contributed by atoms with Crippen molar-refractivity contribution in [3.8, 4) is 0 Å². The molecule has 21 heavy (non-hydrogen) atoms. The summed E-state index contributed by atoms with van der Waals surface area (Å²) in [6.07, 6.45) is 0. The number of anilines is 2. The molecule has 0 saturated heterocycles. The number of benzene rings is 2. The van der Waals surface area contributed by atoms with E-state index in [0.29, 0.717) is 5.69 Å². The third-order valence-electron chi connectivity index (χ3n) is 2.76. The Morgan fingerprint density at radius 1 is 1.10 bits per heavy atom. The number of carbonyl (C=O) groups is 1. The molecule has 2 rings (SSSR count). The highest BCUT2D eigenvalue weighted by atomic mass is 79.9. The summed E-state index contributed by atoms with van der Waals surface area (Å²) < 4.78 is 26.9. The van der Waals surface area contributed by atoms with Crippen molar-refractivity contribution >= 4 is 33.2 Å². The monoisotopic (exact) mass is 354 g/mol. The van der Waals surface area contributed by atoms with Gasteiger partial charge >= 0.3 is 0 Å². The Hall–Kier alpha value is -1.95. The van der Waals surface area contributed by atoms with E-state index in [2.05, 4.69) is 26.6 Å². The van der Waals surface area contributed by atoms with Gasteiger partial charge < -0.3 is 10.6 Å². The van der Waals surface area contributed by atoms with Crippen LogP contribution in [0.25, 0.3) is 0 Å². The summed E-state index contributed by atoms with van der Waals surface area (Å²) in [5.74, 6) is -1.69. The van der Waals surface area contributed by atoms with Crippen LogP contribution in [0.5, 0.6) is 0 Å². The van der Waals surface area contributed by atoms with E-state index < -0.39 is 11.6 Å². The van der Waals surface area contributed by atoms with Crippen molar-refractivity contribution in [1.82, 2.24) is 0 Å². The Morgan fingerprint density at radius 3 is 2.38 bits per heavy atom. The fourth-order valence-electron chi connectivity index (χ4n) is 1.77. The van der Waals surface area contributed by atoms with Crippen LogP contribution < -0.4 is 10.6 Å². The summed E-state index contributed by atoms with van der Waals surface area (Å²) in [4.78, 5) is 11.8. The number of aryl methyl sites for hydroxylation is 1. The Bertz CT molecular complexity index is 656. The smallest absolute Gasteiger partial charge is 0.243 e. The largest absolute Gasteiger partial charge is 0.376 e. The maximum Gasteiger partial charge on any atom is 0.243 e. The van der Waals surface area contributed by atoms with Gasteiger partial charge in [0.2, 0.25) is 5.91 Å². The lowest BCUT2D eigenvalue weighted by Gasteiger charge is -2.09. The molecule has 1 amide bonds. The summed E-state index contributed by atoms with van der Waals surface area (Å²) in [5, 5.41) is 5.37. The number of amides is 1. The first-order valence-electron chi connectivity index (χ1n) is 6.20. The van der Waals surface area contributed by atoms with Gasteiger partial charge in [-0.25, -0.2) is 8.78 Å². The van der Waals surface area contributed by atoms with E-state index in [1.807, 2.05) is 19.1 Å². The van der Waals surface area contributed by atoms with Crippen LogP contribution in [-0.4, -0.2) is 12.5 Å². The second-order valence-corrected chi connectivity index (χ2v) is 5.38. The van der Waals surface area contributed by atoms with Crippen LogP contribution in [0.1, 0.15) is 5.56 Å². The van der Waals surface area contributed by atoms with Gasteiger partial charge in [-0.2, -0.15) is 0 Å². The Balaban J connectivity index is 1.94. The molecule has 3 nitrogen and oxygen atoms in total. The highest BCUT2D eigenvalue weighted by Crippen LogP contribution is 2.20. The Labute approximate surface area is 129 Å². The first-order valence-corrected chi connectivity index (χ1v) is 6.99. The summed E-state index contributed by atoms with van der Waals surface area (Å²) >= 11 is 3.37. The fraction of sp³-hybridized carbons (Fsp3) is 0.133. The molecule has 0 aliphatic carbocycles. The second-order valence-electron chi connectivity index (χ2n) is 4.52. The molecule has 0 aliphatic rings. The standard InChI is InChI=1S/C15H13BrF2N2O/c1-9-4-12(2-3-14(9)16)20-15(21)8-19-13-6-10(17)5-11(18)7-13/h2-7,19H,8H2,1H3,(H,20,21). The maximum absolute atomic E-state index is 13.0. The van der Waals surface area contributed by atoms with E-state index in [0.717, 1.165) is 28.2 Å². The van der Waals surface area contributed by atoms with Crippen molar-refractivity contribution < 1.29 is 13.6 Å². The van der Waals surface area contributed by atoms with Crippen LogP contribution in [0.4, 0.5) is 20.2 Å². The molecule has 0 aliphatic heterocycles. The number of nitrogens with one attached hydrogen (secondary N) is 2. The van der Waals surface area contributed by atoms with Crippen molar-refractivity contribution in [2.75, 3.05) is 17.2 Å². The molecular weight excluding hydrogens is 342 g/mol. The highest BCUT2D eigenvalue weighted by molar-refractivity contribution is 9.10. The van der Waals surface area contributed by atoms with Crippen molar-refractivity contribution in [3.63, 3.8) is 0 Å². The van der Waals surface area contributed by atoms with Gasteiger partial charge in [-0.15, -0.1) is 0 Å². The summed E-state index contributed by atoms with van der Waals surface area (Å²) in [6, 6.07) is 8.44. The molecular formula is C15H13BrF2N2O. The minimum atomic E-state index is -0.693. The molecule has 2 N–H and O–H groups in total. The van der Waals surface area contributed by atoms with Gasteiger partial charge in [0.15, 0.2) is 0 Å². The van der Waals surface area contributed by atoms with E-state index in [-0.39, 0.29) is 18.1 Å². The lowest BCUT2D eigenvalue weighted by molar-refractivity contribution is -0.114. The van der Waals surface area contributed by atoms with Crippen molar-refractivity contribution in [1.29, 1.82) is 0 Å². The average Bonchev–Trinajstić information content (AvgIpc) is 2.40. The molecule has 0 bridgehead atoms. The van der Waals surface area contributed by atoms with E-state index in [9.17, 15) is 13.6 Å². The van der Waals surface area contributed by atoms with Gasteiger partial charge in [-0.3, -0.25) is 4.79 Å². The highest BCUT2D eigenvalue weighted by Gasteiger charge is 2.05. The van der Waals surface area contributed by atoms with E-state index in [1.165, 1.54) is 0 Å². The average molecular weight is 355 g/mol. The molecule has 6 heteroatoms. The molecule has 2 aromatic carbocycles. The molecule has 110 valence electrons. The molecule has 0 radical (unpaired) electrons. The SMILES string of the molecule is Cc1cc(NC(=O)CNc2cc(F)cc(F)c2)ccc1Br. The maximum atomic E-state index is 13.0. The Morgan fingerprint density at radius 2 is 1.76 bits per heavy atom. The molecule has 0 atom stereocenters. The van der Waals surface area contributed by atoms with Crippen molar-refractivity contribution in [2.24, 2.45) is 0 Å². The number of hydrogen-bond donors (Lipinski definition) is 2. The third kappa shape index (κ3) is 4.53. The van der Waals surface area contributed by atoms with E-state index in [1.54, 1.807) is 6.07 Å². The summed E-state index contributed by atoms with van der Waals surface area (Å²) in [5.41, 5.74) is 1.87. The molecule has 2 aromatic rings. The number of hydrogen-bond acceptors (Lipinski definition) is 2. The zero-order valence-corrected chi connectivity index (χ0v) is 12.8. The van der Waals surface area contributed by atoms with Crippen LogP contribution in [0.3, 0.4) is 0 Å². The van der Waals surface area contributed by atoms with E-state index >= 15 is 0 Å². The number of carbonyl (C=O) groups excluding carboxylic acids is 1. The summed E-state index contributed by atoms with van der Waals surface area (Å²) in [6.45, 7) is 1.82. The van der Waals surface area contributed by atoms with Crippen molar-refractivity contribution in [3.05, 3.63) is 58.1 Å². The quantitative estimate of drug-likeness (QED) is 0.868. The van der Waals surface area contributed by atoms with Gasteiger partial charge in [0.1, 0.15) is 11.6 Å². The first-order chi connectivity index (χ1) is 9.94. The zero-order chi connectivity index (χ0) is 15.4. The van der Waals surface area contributed by atoms with Gasteiger partial charge in [0, 0.05) is 21.9 Å². The predicted octanol–water partition coefficient (Wildman–Crippen LogP) is 4.09. The van der Waals surface area contributed by atoms with Crippen molar-refractivity contribution in [2.45, 2.75) is 6.92 Å². The normalized spacial score (nSPS) is 10.3. The van der Waals surface area contributed by atoms with Crippen LogP contribution >= 0.6 is 15.9 Å². The van der Waals surface area contributed by atoms with Crippen LogP contribution in [0.2, 0.25) is 0 Å². The number of rotatable bonds is 4. The van der Waals surface area contributed by atoms with Gasteiger partial charge in [0.25, 0.3) is 0 Å². The lowest BCUT2D eigenvalue weighted by Crippen LogP contribution is -2.21. The molecule has 0 heterocycles. The van der Waals surface area contributed by atoms with Gasteiger partial charge in [-0.1, -0.05) is 15.9 Å². The number of halogens is 3. The first kappa shape index (κ1) is 15.4. The van der Waals surface area contributed by atoms with Gasteiger partial charge in [-0.05, 0) is 42.8 Å². The Kier molecular flexibility index (Phi) is 4.90. The fourth-order valence-corrected chi connectivity index (χ4v) is 2.01. The molecule has 0 unspecified atom stereocenters. The topological polar surface area (TPSA) is 41.1 Å². The van der Waals surface area contributed by atoms with Crippen LogP contribution in [0.15, 0.2) is 40.9 Å². The summed E-state index contributed by atoms with van der Waals surface area (Å²) in [7, 11) is 0. The zero-order valence-electron chi connectivity index (χ0n) is 11.2. The van der Waals surface area contributed by atoms with Crippen LogP contribution in [-0.2, 0) is 4.79 Å². The minimum Gasteiger partial charge on any atom is -0.376 e. The van der Waals surface area contributed by atoms with E-state index in [4.69, 9.17) is 0 Å². The second kappa shape index (κ2) is 6.67. The van der Waals surface area contributed by atoms with Gasteiger partial charge in [0.05, 0.1) is 6.54 Å².